The molecule has 0 aromatic rings. The Balaban J connectivity index is 2.62. The molecule has 1 saturated carbocycles. The van der Waals surface area contributed by atoms with Gasteiger partial charge in [0.2, 0.25) is 11.8 Å². The van der Waals surface area contributed by atoms with Crippen LogP contribution in [-0.2, 0) is 9.59 Å². The number of carbonyl (C=O) groups is 2. The van der Waals surface area contributed by atoms with Gasteiger partial charge in [0, 0.05) is 19.5 Å². The van der Waals surface area contributed by atoms with Crippen molar-refractivity contribution < 1.29 is 9.59 Å². The van der Waals surface area contributed by atoms with E-state index in [-0.39, 0.29) is 24.3 Å². The number of amides is 2. The molecule has 0 aliphatic heterocycles. The third kappa shape index (κ3) is 3.43. The number of carbonyl (C=O) groups excluding carboxylic acids is 2. The molecule has 0 radical (unpaired) electrons. The molecule has 1 fully saturated rings. The Bertz CT molecular complexity index is 281. The van der Waals surface area contributed by atoms with Crippen LogP contribution in [0.15, 0.2) is 0 Å². The molecule has 1 rings (SSSR count). The summed E-state index contributed by atoms with van der Waals surface area (Å²) in [6, 6.07) is 0. The van der Waals surface area contributed by atoms with Gasteiger partial charge < -0.3 is 16.0 Å². The molecule has 2 amide bonds. The van der Waals surface area contributed by atoms with Crippen molar-refractivity contribution in [3.05, 3.63) is 0 Å². The van der Waals surface area contributed by atoms with Gasteiger partial charge in [-0.25, -0.2) is 0 Å². The minimum atomic E-state index is -0.123. The molecular formula is C12H23N3O2. The van der Waals surface area contributed by atoms with Crippen LogP contribution >= 0.6 is 0 Å². The number of rotatable bonds is 5. The predicted molar refractivity (Wildman–Crippen MR) is 66.2 cm³/mol. The van der Waals surface area contributed by atoms with Crippen LogP contribution in [0.25, 0.3) is 0 Å². The summed E-state index contributed by atoms with van der Waals surface area (Å²) in [5.41, 5.74) is 5.68. The summed E-state index contributed by atoms with van der Waals surface area (Å²) in [5, 5.41) is 2.54. The van der Waals surface area contributed by atoms with E-state index in [0.29, 0.717) is 19.0 Å². The molecule has 5 nitrogen and oxygen atoms in total. The lowest BCUT2D eigenvalue weighted by molar-refractivity contribution is -0.140. The van der Waals surface area contributed by atoms with Gasteiger partial charge in [-0.15, -0.1) is 0 Å². The fourth-order valence-corrected chi connectivity index (χ4v) is 2.48. The maximum Gasteiger partial charge on any atom is 0.239 e. The van der Waals surface area contributed by atoms with E-state index >= 15 is 0 Å². The van der Waals surface area contributed by atoms with Gasteiger partial charge in [-0.2, -0.15) is 0 Å². The monoisotopic (exact) mass is 241 g/mol. The van der Waals surface area contributed by atoms with Crippen molar-refractivity contribution in [2.75, 3.05) is 26.7 Å². The topological polar surface area (TPSA) is 75.4 Å². The fraction of sp³-hybridized carbons (Fsp3) is 0.833. The van der Waals surface area contributed by atoms with Gasteiger partial charge in [0.05, 0.1) is 6.54 Å². The number of hydrogen-bond acceptors (Lipinski definition) is 3. The molecule has 2 atom stereocenters. The molecule has 2 unspecified atom stereocenters. The van der Waals surface area contributed by atoms with Gasteiger partial charge in [0.25, 0.3) is 0 Å². The van der Waals surface area contributed by atoms with Crippen molar-refractivity contribution in [1.29, 1.82) is 0 Å². The summed E-state index contributed by atoms with van der Waals surface area (Å²) >= 11 is 0. The molecule has 1 aliphatic rings. The molecule has 98 valence electrons. The predicted octanol–water partition coefficient (Wildman–Crippen LogP) is -0.0441. The van der Waals surface area contributed by atoms with E-state index in [1.807, 2.05) is 6.92 Å². The molecule has 0 aromatic carbocycles. The molecule has 5 heteroatoms. The van der Waals surface area contributed by atoms with Crippen LogP contribution in [0, 0.1) is 11.8 Å². The number of likely N-dealkylation sites (N-methyl/N-ethyl adjacent to an activating group) is 2. The fourth-order valence-electron chi connectivity index (χ4n) is 2.48. The van der Waals surface area contributed by atoms with E-state index in [1.54, 1.807) is 11.9 Å². The first-order chi connectivity index (χ1) is 8.13. The van der Waals surface area contributed by atoms with Crippen molar-refractivity contribution in [3.8, 4) is 0 Å². The second-order valence-corrected chi connectivity index (χ2v) is 4.56. The number of nitrogens with two attached hydrogens (primary N) is 1. The first-order valence-corrected chi connectivity index (χ1v) is 6.33. The van der Waals surface area contributed by atoms with Gasteiger partial charge in [-0.05, 0) is 32.2 Å². The zero-order valence-corrected chi connectivity index (χ0v) is 10.7. The number of hydrogen-bond donors (Lipinski definition) is 2. The summed E-state index contributed by atoms with van der Waals surface area (Å²) in [6.45, 7) is 3.18. The van der Waals surface area contributed by atoms with E-state index in [4.69, 9.17) is 5.73 Å². The summed E-state index contributed by atoms with van der Waals surface area (Å²) < 4.78 is 0. The summed E-state index contributed by atoms with van der Waals surface area (Å²) in [6.07, 6.45) is 3.01. The molecule has 0 spiro atoms. The van der Waals surface area contributed by atoms with Crippen LogP contribution in [0.1, 0.15) is 26.2 Å². The minimum absolute atomic E-state index is 0.0182. The van der Waals surface area contributed by atoms with Crippen molar-refractivity contribution in [1.82, 2.24) is 10.2 Å². The zero-order valence-electron chi connectivity index (χ0n) is 10.7. The Kier molecular flexibility index (Phi) is 5.41. The molecule has 17 heavy (non-hydrogen) atoms. The van der Waals surface area contributed by atoms with Gasteiger partial charge in [-0.3, -0.25) is 9.59 Å². The molecule has 0 bridgehead atoms. The van der Waals surface area contributed by atoms with Crippen LogP contribution in [0.3, 0.4) is 0 Å². The SMILES string of the molecule is CCN(CC(=O)NC)C(=O)C1CCCC1CN. The van der Waals surface area contributed by atoms with Gasteiger partial charge >= 0.3 is 0 Å². The van der Waals surface area contributed by atoms with Crippen LogP contribution < -0.4 is 11.1 Å². The van der Waals surface area contributed by atoms with Crippen LogP contribution in [0.4, 0.5) is 0 Å². The summed E-state index contributed by atoms with van der Waals surface area (Å²) in [5.74, 6) is 0.275. The minimum Gasteiger partial charge on any atom is -0.358 e. The number of nitrogens with one attached hydrogen (secondary N) is 1. The molecular weight excluding hydrogens is 218 g/mol. The largest absolute Gasteiger partial charge is 0.358 e. The smallest absolute Gasteiger partial charge is 0.239 e. The highest BCUT2D eigenvalue weighted by molar-refractivity contribution is 5.86. The van der Waals surface area contributed by atoms with Crippen molar-refractivity contribution in [3.63, 3.8) is 0 Å². The second kappa shape index (κ2) is 6.59. The van der Waals surface area contributed by atoms with Crippen LogP contribution in [-0.4, -0.2) is 43.4 Å². The van der Waals surface area contributed by atoms with E-state index in [1.165, 1.54) is 0 Å². The average Bonchev–Trinajstić information content (AvgIpc) is 2.82. The zero-order chi connectivity index (χ0) is 12.8. The standard InChI is InChI=1S/C12H23N3O2/c1-3-15(8-11(16)14-2)12(17)10-6-4-5-9(10)7-13/h9-10H,3-8,13H2,1-2H3,(H,14,16). The normalized spacial score (nSPS) is 23.5. The Morgan fingerprint density at radius 2 is 2.12 bits per heavy atom. The molecule has 1 aliphatic carbocycles. The maximum absolute atomic E-state index is 12.3. The highest BCUT2D eigenvalue weighted by atomic mass is 16.2. The first-order valence-electron chi connectivity index (χ1n) is 6.33. The number of nitrogens with zero attached hydrogens (tertiary/aromatic N) is 1. The lowest BCUT2D eigenvalue weighted by Crippen LogP contribution is -2.43. The van der Waals surface area contributed by atoms with Gasteiger partial charge in [-0.1, -0.05) is 6.42 Å². The van der Waals surface area contributed by atoms with Crippen LogP contribution in [0.5, 0.6) is 0 Å². The van der Waals surface area contributed by atoms with Crippen molar-refractivity contribution in [2.45, 2.75) is 26.2 Å². The summed E-state index contributed by atoms with van der Waals surface area (Å²) in [7, 11) is 1.58. The third-order valence-electron chi connectivity index (χ3n) is 3.59. The quantitative estimate of drug-likeness (QED) is 0.709. The Labute approximate surface area is 103 Å². The van der Waals surface area contributed by atoms with E-state index in [0.717, 1.165) is 19.3 Å². The average molecular weight is 241 g/mol. The van der Waals surface area contributed by atoms with E-state index in [2.05, 4.69) is 5.32 Å². The third-order valence-corrected chi connectivity index (χ3v) is 3.59. The Hall–Kier alpha value is -1.10. The van der Waals surface area contributed by atoms with E-state index in [9.17, 15) is 9.59 Å². The molecule has 0 saturated heterocycles. The molecule has 0 heterocycles. The van der Waals surface area contributed by atoms with Gasteiger partial charge in [0.15, 0.2) is 0 Å². The highest BCUT2D eigenvalue weighted by Gasteiger charge is 2.34. The van der Waals surface area contributed by atoms with Crippen LogP contribution in [0.2, 0.25) is 0 Å². The highest BCUT2D eigenvalue weighted by Crippen LogP contribution is 2.32. The van der Waals surface area contributed by atoms with E-state index < -0.39 is 0 Å². The van der Waals surface area contributed by atoms with Crippen molar-refractivity contribution >= 4 is 11.8 Å². The second-order valence-electron chi connectivity index (χ2n) is 4.56. The lowest BCUT2D eigenvalue weighted by atomic mass is 9.94. The Morgan fingerprint density at radius 3 is 2.65 bits per heavy atom. The summed E-state index contributed by atoms with van der Waals surface area (Å²) in [4.78, 5) is 25.2. The van der Waals surface area contributed by atoms with Gasteiger partial charge in [0.1, 0.15) is 0 Å². The van der Waals surface area contributed by atoms with Crippen molar-refractivity contribution in [2.24, 2.45) is 17.6 Å². The lowest BCUT2D eigenvalue weighted by Gasteiger charge is -2.26. The Morgan fingerprint density at radius 1 is 1.41 bits per heavy atom. The first kappa shape index (κ1) is 14.0. The molecule has 0 aromatic heterocycles. The molecule has 3 N–H and O–H groups in total. The maximum atomic E-state index is 12.3.